The van der Waals surface area contributed by atoms with Crippen molar-refractivity contribution in [1.82, 2.24) is 5.32 Å². The van der Waals surface area contributed by atoms with Crippen molar-refractivity contribution in [3.05, 3.63) is 0 Å². The number of hydrogen-bond acceptors (Lipinski definition) is 3. The van der Waals surface area contributed by atoms with E-state index in [0.29, 0.717) is 11.8 Å². The Labute approximate surface area is 120 Å². The molecule has 0 radical (unpaired) electrons. The summed E-state index contributed by atoms with van der Waals surface area (Å²) in [7, 11) is 0. The molecule has 0 aliphatic carbocycles. The molecule has 4 nitrogen and oxygen atoms in total. The van der Waals surface area contributed by atoms with E-state index in [9.17, 15) is 9.59 Å². The molecule has 1 amide bonds. The van der Waals surface area contributed by atoms with Crippen LogP contribution in [-0.4, -0.2) is 34.5 Å². The largest absolute Gasteiger partial charge is 0.480 e. The van der Waals surface area contributed by atoms with E-state index in [1.54, 1.807) is 25.6 Å². The van der Waals surface area contributed by atoms with Crippen molar-refractivity contribution in [2.24, 2.45) is 11.3 Å². The zero-order valence-electron chi connectivity index (χ0n) is 12.7. The van der Waals surface area contributed by atoms with Gasteiger partial charge in [0.2, 0.25) is 5.91 Å². The summed E-state index contributed by atoms with van der Waals surface area (Å²) in [6.45, 7) is 10.1. The number of carbonyl (C=O) groups is 2. The Morgan fingerprint density at radius 3 is 2.21 bits per heavy atom. The summed E-state index contributed by atoms with van der Waals surface area (Å²) in [5.41, 5.74) is 0.311. The lowest BCUT2D eigenvalue weighted by Crippen LogP contribution is -2.43. The number of carbonyl (C=O) groups excluding carboxylic acids is 1. The maximum absolute atomic E-state index is 11.5. The van der Waals surface area contributed by atoms with Crippen LogP contribution in [0, 0.1) is 11.3 Å². The van der Waals surface area contributed by atoms with Gasteiger partial charge in [-0.2, -0.15) is 11.8 Å². The van der Waals surface area contributed by atoms with Gasteiger partial charge >= 0.3 is 5.97 Å². The van der Waals surface area contributed by atoms with Gasteiger partial charge in [-0.1, -0.05) is 34.6 Å². The van der Waals surface area contributed by atoms with Crippen LogP contribution in [0.2, 0.25) is 0 Å². The first-order valence-corrected chi connectivity index (χ1v) is 7.90. The van der Waals surface area contributed by atoms with Crippen LogP contribution in [0.5, 0.6) is 0 Å². The Hall–Kier alpha value is -0.710. The van der Waals surface area contributed by atoms with Crippen LogP contribution in [0.1, 0.15) is 47.5 Å². The minimum atomic E-state index is -0.953. The fraction of sp³-hybridized carbons (Fsp3) is 0.857. The van der Waals surface area contributed by atoms with E-state index in [0.717, 1.165) is 17.9 Å². The molecule has 0 heterocycles. The van der Waals surface area contributed by atoms with Gasteiger partial charge < -0.3 is 10.4 Å². The molecule has 19 heavy (non-hydrogen) atoms. The van der Waals surface area contributed by atoms with E-state index in [1.165, 1.54) is 0 Å². The predicted molar refractivity (Wildman–Crippen MR) is 80.4 cm³/mol. The van der Waals surface area contributed by atoms with Crippen molar-refractivity contribution >= 4 is 23.6 Å². The Morgan fingerprint density at radius 2 is 1.79 bits per heavy atom. The first kappa shape index (κ1) is 18.3. The smallest absolute Gasteiger partial charge is 0.326 e. The highest BCUT2D eigenvalue weighted by atomic mass is 32.2. The molecule has 2 N–H and O–H groups in total. The first-order chi connectivity index (χ1) is 8.63. The molecular weight excluding hydrogens is 262 g/mol. The predicted octanol–water partition coefficient (Wildman–Crippen LogP) is 2.77. The second kappa shape index (κ2) is 8.46. The van der Waals surface area contributed by atoms with Gasteiger partial charge in [-0.05, 0) is 29.8 Å². The maximum Gasteiger partial charge on any atom is 0.326 e. The Bertz CT molecular complexity index is 298. The van der Waals surface area contributed by atoms with Gasteiger partial charge in [0, 0.05) is 5.92 Å². The minimum absolute atomic E-state index is 0.185. The number of nitrogens with one attached hydrogen (secondary N) is 1. The van der Waals surface area contributed by atoms with E-state index in [1.807, 2.05) is 0 Å². The number of carboxylic acids is 1. The van der Waals surface area contributed by atoms with Crippen LogP contribution < -0.4 is 5.32 Å². The topological polar surface area (TPSA) is 66.4 Å². The number of amides is 1. The molecule has 112 valence electrons. The van der Waals surface area contributed by atoms with Gasteiger partial charge in [0.15, 0.2) is 0 Å². The van der Waals surface area contributed by atoms with Gasteiger partial charge in [0.1, 0.15) is 6.04 Å². The van der Waals surface area contributed by atoms with Crippen LogP contribution in [0.15, 0.2) is 0 Å². The van der Waals surface area contributed by atoms with Crippen molar-refractivity contribution < 1.29 is 14.7 Å². The van der Waals surface area contributed by atoms with Gasteiger partial charge in [-0.25, -0.2) is 4.79 Å². The number of aliphatic carboxylic acids is 1. The van der Waals surface area contributed by atoms with Crippen LogP contribution in [0.3, 0.4) is 0 Å². The second-order valence-corrected chi connectivity index (χ2v) is 7.49. The summed E-state index contributed by atoms with van der Waals surface area (Å²) in [6, 6.07) is -0.767. The highest BCUT2D eigenvalue weighted by molar-refractivity contribution is 7.99. The Balaban J connectivity index is 3.97. The van der Waals surface area contributed by atoms with Crippen molar-refractivity contribution in [3.8, 4) is 0 Å². The Kier molecular flexibility index (Phi) is 8.14. The van der Waals surface area contributed by atoms with E-state index in [4.69, 9.17) is 5.11 Å². The molecule has 1 atom stereocenters. The van der Waals surface area contributed by atoms with E-state index < -0.39 is 12.0 Å². The number of hydrogen-bond donors (Lipinski definition) is 2. The summed E-state index contributed by atoms with van der Waals surface area (Å²) in [4.78, 5) is 22.6. The molecule has 0 saturated heterocycles. The molecule has 0 bridgehead atoms. The van der Waals surface area contributed by atoms with Crippen molar-refractivity contribution in [2.75, 3.05) is 11.5 Å². The van der Waals surface area contributed by atoms with Crippen molar-refractivity contribution in [2.45, 2.75) is 53.5 Å². The van der Waals surface area contributed by atoms with Crippen LogP contribution in [-0.2, 0) is 9.59 Å². The van der Waals surface area contributed by atoms with Gasteiger partial charge in [0.25, 0.3) is 0 Å². The van der Waals surface area contributed by atoms with Crippen LogP contribution in [0.25, 0.3) is 0 Å². The lowest BCUT2D eigenvalue weighted by atomic mass is 9.94. The van der Waals surface area contributed by atoms with E-state index in [2.05, 4.69) is 26.1 Å². The van der Waals surface area contributed by atoms with Crippen LogP contribution in [0.4, 0.5) is 0 Å². The number of thioether (sulfide) groups is 1. The van der Waals surface area contributed by atoms with Crippen molar-refractivity contribution in [3.63, 3.8) is 0 Å². The molecule has 0 unspecified atom stereocenters. The molecule has 0 fully saturated rings. The minimum Gasteiger partial charge on any atom is -0.480 e. The number of rotatable bonds is 8. The normalized spacial score (nSPS) is 13.4. The Morgan fingerprint density at radius 1 is 1.21 bits per heavy atom. The third kappa shape index (κ3) is 9.82. The molecular formula is C14H27NO3S. The molecule has 0 saturated carbocycles. The summed E-state index contributed by atoms with van der Waals surface area (Å²) in [6.07, 6.45) is 1.58. The van der Waals surface area contributed by atoms with Crippen LogP contribution >= 0.6 is 11.8 Å². The summed E-state index contributed by atoms with van der Waals surface area (Å²) in [5, 5.41) is 11.6. The molecule has 0 aliphatic rings. The molecule has 0 spiro atoms. The fourth-order valence-corrected chi connectivity index (χ4v) is 2.64. The second-order valence-electron chi connectivity index (χ2n) is 6.27. The quantitative estimate of drug-likeness (QED) is 0.674. The SMILES string of the molecule is CC(C)C(=O)N[C@@H](CCSCCC(C)(C)C)C(=O)O. The standard InChI is InChI=1S/C14H27NO3S/c1-10(2)12(16)15-11(13(17)18)6-8-19-9-7-14(3,4)5/h10-11H,6-9H2,1-5H3,(H,15,16)(H,17,18)/t11-/m0/s1. The summed E-state index contributed by atoms with van der Waals surface area (Å²) >= 11 is 1.75. The van der Waals surface area contributed by atoms with E-state index >= 15 is 0 Å². The molecule has 0 aliphatic heterocycles. The first-order valence-electron chi connectivity index (χ1n) is 6.74. The highest BCUT2D eigenvalue weighted by Crippen LogP contribution is 2.21. The van der Waals surface area contributed by atoms with Gasteiger partial charge in [-0.3, -0.25) is 4.79 Å². The summed E-state index contributed by atoms with van der Waals surface area (Å²) in [5.74, 6) is 0.437. The average Bonchev–Trinajstić information content (AvgIpc) is 2.24. The monoisotopic (exact) mass is 289 g/mol. The molecule has 5 heteroatoms. The third-order valence-corrected chi connectivity index (χ3v) is 3.70. The highest BCUT2D eigenvalue weighted by Gasteiger charge is 2.20. The molecule has 0 rings (SSSR count). The lowest BCUT2D eigenvalue weighted by Gasteiger charge is -2.18. The van der Waals surface area contributed by atoms with Gasteiger partial charge in [0.05, 0.1) is 0 Å². The lowest BCUT2D eigenvalue weighted by molar-refractivity contribution is -0.142. The zero-order chi connectivity index (χ0) is 15.1. The molecule has 0 aromatic carbocycles. The number of carboxylic acid groups (broad SMARTS) is 1. The maximum atomic E-state index is 11.5. The van der Waals surface area contributed by atoms with E-state index in [-0.39, 0.29) is 11.8 Å². The van der Waals surface area contributed by atoms with Crippen molar-refractivity contribution in [1.29, 1.82) is 0 Å². The zero-order valence-corrected chi connectivity index (χ0v) is 13.5. The third-order valence-electron chi connectivity index (χ3n) is 2.69. The summed E-state index contributed by atoms with van der Waals surface area (Å²) < 4.78 is 0. The fourth-order valence-electron chi connectivity index (χ4n) is 1.28. The molecule has 0 aromatic rings. The average molecular weight is 289 g/mol. The molecule has 0 aromatic heterocycles. The van der Waals surface area contributed by atoms with Gasteiger partial charge in [-0.15, -0.1) is 0 Å².